The van der Waals surface area contributed by atoms with Crippen molar-refractivity contribution in [2.24, 2.45) is 5.73 Å². The number of methoxy groups -OCH3 is 2. The zero-order valence-corrected chi connectivity index (χ0v) is 11.9. The van der Waals surface area contributed by atoms with Gasteiger partial charge in [0.2, 0.25) is 0 Å². The van der Waals surface area contributed by atoms with E-state index in [4.69, 9.17) is 15.2 Å². The predicted molar refractivity (Wildman–Crippen MR) is 73.9 cm³/mol. The first-order chi connectivity index (χ1) is 9.13. The first kappa shape index (κ1) is 15.9. The van der Waals surface area contributed by atoms with Gasteiger partial charge in [-0.25, -0.2) is 4.39 Å². The normalized spacial score (nSPS) is 12.7. The number of nitrogens with two attached hydrogens (primary N) is 1. The second-order valence-corrected chi connectivity index (χ2v) is 4.47. The van der Waals surface area contributed by atoms with Gasteiger partial charge in [0, 0.05) is 32.8 Å². The van der Waals surface area contributed by atoms with Crippen LogP contribution in [0.4, 0.5) is 4.39 Å². The molecule has 1 atom stereocenters. The molecule has 0 saturated carbocycles. The monoisotopic (exact) mass is 270 g/mol. The van der Waals surface area contributed by atoms with Crippen LogP contribution < -0.4 is 10.5 Å². The van der Waals surface area contributed by atoms with Crippen LogP contribution in [0.2, 0.25) is 0 Å². The highest BCUT2D eigenvalue weighted by molar-refractivity contribution is 5.31. The fourth-order valence-electron chi connectivity index (χ4n) is 2.07. The molecule has 1 aromatic rings. The molecular weight excluding hydrogens is 247 g/mol. The Bertz CT molecular complexity index is 388. The van der Waals surface area contributed by atoms with E-state index in [1.54, 1.807) is 13.2 Å². The summed E-state index contributed by atoms with van der Waals surface area (Å²) in [6.07, 6.45) is 0.919. The molecule has 1 rings (SSSR count). The molecule has 0 aliphatic carbocycles. The van der Waals surface area contributed by atoms with E-state index in [0.29, 0.717) is 13.2 Å². The van der Waals surface area contributed by atoms with E-state index in [9.17, 15) is 4.39 Å². The minimum Gasteiger partial charge on any atom is -0.494 e. The minimum absolute atomic E-state index is 0.00253. The highest BCUT2D eigenvalue weighted by atomic mass is 19.1. The summed E-state index contributed by atoms with van der Waals surface area (Å²) in [5.41, 5.74) is 6.67. The van der Waals surface area contributed by atoms with Gasteiger partial charge in [-0.1, -0.05) is 6.07 Å². The zero-order valence-electron chi connectivity index (χ0n) is 11.9. The molecule has 0 spiro atoms. The van der Waals surface area contributed by atoms with Crippen molar-refractivity contribution < 1.29 is 13.9 Å². The quantitative estimate of drug-likeness (QED) is 0.732. The molecule has 0 radical (unpaired) electrons. The third-order valence-electron chi connectivity index (χ3n) is 3.18. The molecule has 0 aliphatic rings. The van der Waals surface area contributed by atoms with Crippen molar-refractivity contribution in [3.05, 3.63) is 29.6 Å². The largest absolute Gasteiger partial charge is 0.494 e. The van der Waals surface area contributed by atoms with Crippen molar-refractivity contribution in [1.82, 2.24) is 4.90 Å². The molecule has 1 unspecified atom stereocenters. The van der Waals surface area contributed by atoms with Gasteiger partial charge in [0.25, 0.3) is 0 Å². The van der Waals surface area contributed by atoms with E-state index in [-0.39, 0.29) is 17.6 Å². The fraction of sp³-hybridized carbons (Fsp3) is 0.571. The van der Waals surface area contributed by atoms with E-state index >= 15 is 0 Å². The van der Waals surface area contributed by atoms with Crippen LogP contribution in [0, 0.1) is 5.82 Å². The Labute approximate surface area is 114 Å². The van der Waals surface area contributed by atoms with Gasteiger partial charge in [0.1, 0.15) is 0 Å². The molecule has 0 aliphatic heterocycles. The Balaban J connectivity index is 2.75. The number of likely N-dealkylation sites (N-methyl/N-ethyl adjacent to an activating group) is 1. The minimum atomic E-state index is -0.358. The average Bonchev–Trinajstić information content (AvgIpc) is 2.40. The standard InChI is InChI=1S/C14H23FN2O2/c1-17(7-4-8-18-2)13(10-16)11-5-6-14(19-3)12(15)9-11/h5-6,9,13H,4,7-8,10,16H2,1-3H3. The first-order valence-electron chi connectivity index (χ1n) is 6.36. The van der Waals surface area contributed by atoms with Crippen molar-refractivity contribution >= 4 is 0 Å². The summed E-state index contributed by atoms with van der Waals surface area (Å²) in [4.78, 5) is 2.11. The smallest absolute Gasteiger partial charge is 0.165 e. The van der Waals surface area contributed by atoms with E-state index < -0.39 is 0 Å². The Hall–Kier alpha value is -1.17. The van der Waals surface area contributed by atoms with Gasteiger partial charge < -0.3 is 15.2 Å². The van der Waals surface area contributed by atoms with Crippen LogP contribution in [0.25, 0.3) is 0 Å². The van der Waals surface area contributed by atoms with Gasteiger partial charge in [-0.15, -0.1) is 0 Å². The number of hydrogen-bond acceptors (Lipinski definition) is 4. The van der Waals surface area contributed by atoms with Gasteiger partial charge in [-0.2, -0.15) is 0 Å². The van der Waals surface area contributed by atoms with Gasteiger partial charge >= 0.3 is 0 Å². The van der Waals surface area contributed by atoms with E-state index in [1.165, 1.54) is 13.2 Å². The lowest BCUT2D eigenvalue weighted by molar-refractivity contribution is 0.166. The lowest BCUT2D eigenvalue weighted by Gasteiger charge is -2.27. The maximum Gasteiger partial charge on any atom is 0.165 e. The molecule has 0 fully saturated rings. The molecule has 0 aromatic heterocycles. The second kappa shape index (κ2) is 8.09. The number of ether oxygens (including phenoxy) is 2. The Morgan fingerprint density at radius 2 is 2.11 bits per heavy atom. The van der Waals surface area contributed by atoms with Crippen molar-refractivity contribution in [2.45, 2.75) is 12.5 Å². The molecule has 0 amide bonds. The summed E-state index contributed by atoms with van der Waals surface area (Å²) in [6, 6.07) is 4.98. The zero-order chi connectivity index (χ0) is 14.3. The summed E-state index contributed by atoms with van der Waals surface area (Å²) < 4.78 is 23.7. The summed E-state index contributed by atoms with van der Waals surface area (Å²) in [6.45, 7) is 2.00. The molecule has 0 bridgehead atoms. The van der Waals surface area contributed by atoms with Crippen LogP contribution in [0.1, 0.15) is 18.0 Å². The van der Waals surface area contributed by atoms with Crippen LogP contribution in [0.5, 0.6) is 5.75 Å². The van der Waals surface area contributed by atoms with Crippen LogP contribution in [0.3, 0.4) is 0 Å². The highest BCUT2D eigenvalue weighted by Gasteiger charge is 2.16. The summed E-state index contributed by atoms with van der Waals surface area (Å²) in [7, 11) is 5.12. The number of benzene rings is 1. The average molecular weight is 270 g/mol. The van der Waals surface area contributed by atoms with Crippen LogP contribution in [-0.4, -0.2) is 45.9 Å². The molecule has 5 heteroatoms. The number of hydrogen-bond donors (Lipinski definition) is 1. The number of nitrogens with zero attached hydrogens (tertiary/aromatic N) is 1. The van der Waals surface area contributed by atoms with E-state index in [1.807, 2.05) is 13.1 Å². The van der Waals surface area contributed by atoms with Crippen LogP contribution in [0.15, 0.2) is 18.2 Å². The molecule has 108 valence electrons. The van der Waals surface area contributed by atoms with Crippen molar-refractivity contribution in [3.63, 3.8) is 0 Å². The lowest BCUT2D eigenvalue weighted by atomic mass is 10.0. The fourth-order valence-corrected chi connectivity index (χ4v) is 2.07. The Kier molecular flexibility index (Phi) is 6.77. The molecular formula is C14H23FN2O2. The molecule has 1 aromatic carbocycles. The van der Waals surface area contributed by atoms with Crippen molar-refractivity contribution in [1.29, 1.82) is 0 Å². The van der Waals surface area contributed by atoms with Gasteiger partial charge in [0.05, 0.1) is 7.11 Å². The Morgan fingerprint density at radius 3 is 2.63 bits per heavy atom. The molecule has 0 heterocycles. The van der Waals surface area contributed by atoms with E-state index in [0.717, 1.165) is 18.5 Å². The maximum absolute atomic E-state index is 13.7. The predicted octanol–water partition coefficient (Wildman–Crippen LogP) is 1.80. The topological polar surface area (TPSA) is 47.7 Å². The van der Waals surface area contributed by atoms with Crippen LogP contribution in [-0.2, 0) is 4.74 Å². The Morgan fingerprint density at radius 1 is 1.37 bits per heavy atom. The van der Waals surface area contributed by atoms with Crippen molar-refractivity contribution in [2.75, 3.05) is 41.0 Å². The molecule has 0 saturated heterocycles. The second-order valence-electron chi connectivity index (χ2n) is 4.47. The molecule has 2 N–H and O–H groups in total. The van der Waals surface area contributed by atoms with Crippen LogP contribution >= 0.6 is 0 Å². The first-order valence-corrected chi connectivity index (χ1v) is 6.36. The van der Waals surface area contributed by atoms with Gasteiger partial charge in [-0.05, 0) is 31.2 Å². The molecule has 4 nitrogen and oxygen atoms in total. The third kappa shape index (κ3) is 4.45. The number of rotatable bonds is 8. The summed E-state index contributed by atoms with van der Waals surface area (Å²) >= 11 is 0. The lowest BCUT2D eigenvalue weighted by Crippen LogP contribution is -2.31. The van der Waals surface area contributed by atoms with Gasteiger partial charge in [0.15, 0.2) is 11.6 Å². The van der Waals surface area contributed by atoms with Gasteiger partial charge in [-0.3, -0.25) is 4.90 Å². The summed E-state index contributed by atoms with van der Waals surface area (Å²) in [5.74, 6) is -0.106. The highest BCUT2D eigenvalue weighted by Crippen LogP contribution is 2.24. The maximum atomic E-state index is 13.7. The third-order valence-corrected chi connectivity index (χ3v) is 3.18. The number of halogens is 1. The van der Waals surface area contributed by atoms with Crippen molar-refractivity contribution in [3.8, 4) is 5.75 Å². The SMILES string of the molecule is COCCCN(C)C(CN)c1ccc(OC)c(F)c1. The molecule has 19 heavy (non-hydrogen) atoms. The van der Waals surface area contributed by atoms with E-state index in [2.05, 4.69) is 4.90 Å². The summed E-state index contributed by atoms with van der Waals surface area (Å²) in [5, 5.41) is 0.